The molecule has 0 aliphatic rings. The highest BCUT2D eigenvalue weighted by Crippen LogP contribution is 2.20. The number of ether oxygens (including phenoxy) is 3. The smallest absolute Gasteiger partial charge is 0.325 e. The Morgan fingerprint density at radius 2 is 1.73 bits per heavy atom. The predicted octanol–water partition coefficient (Wildman–Crippen LogP) is 4.09. The van der Waals surface area contributed by atoms with Crippen LogP contribution in [0.25, 0.3) is 0 Å². The summed E-state index contributed by atoms with van der Waals surface area (Å²) in [6, 6.07) is 7.21. The monoisotopic (exact) mass is 363 g/mol. The maximum Gasteiger partial charge on any atom is 0.325 e. The van der Waals surface area contributed by atoms with E-state index in [1.807, 2.05) is 12.1 Å². The van der Waals surface area contributed by atoms with Crippen LogP contribution in [0.2, 0.25) is 0 Å². The van der Waals surface area contributed by atoms with Crippen molar-refractivity contribution in [2.75, 3.05) is 19.8 Å². The highest BCUT2D eigenvalue weighted by Gasteiger charge is 2.27. The second-order valence-corrected chi connectivity index (χ2v) is 5.67. The first kappa shape index (κ1) is 21.7. The molecular weight excluding hydrogens is 334 g/mol. The first-order valence-corrected chi connectivity index (χ1v) is 9.22. The van der Waals surface area contributed by atoms with Crippen LogP contribution in [0.4, 0.5) is 5.69 Å². The number of carbonyl (C=O) groups excluding carboxylic acids is 2. The van der Waals surface area contributed by atoms with Crippen LogP contribution < -0.4 is 4.74 Å². The minimum absolute atomic E-state index is 0.184. The fraction of sp³-hybridized carbons (Fsp3) is 0.550. The molecule has 0 aliphatic carbocycles. The molecule has 0 aliphatic heterocycles. The summed E-state index contributed by atoms with van der Waals surface area (Å²) in [4.78, 5) is 28.1. The van der Waals surface area contributed by atoms with Crippen molar-refractivity contribution in [3.05, 3.63) is 24.3 Å². The summed E-state index contributed by atoms with van der Waals surface area (Å²) in [6.45, 7) is 6.55. The van der Waals surface area contributed by atoms with Gasteiger partial charge in [-0.1, -0.05) is 32.3 Å². The third-order valence-electron chi connectivity index (χ3n) is 3.54. The first-order valence-electron chi connectivity index (χ1n) is 9.22. The molecule has 6 nitrogen and oxygen atoms in total. The molecule has 1 aromatic rings. The second-order valence-electron chi connectivity index (χ2n) is 5.67. The molecule has 0 unspecified atom stereocenters. The molecule has 0 heterocycles. The zero-order valence-electron chi connectivity index (χ0n) is 15.9. The van der Waals surface area contributed by atoms with Crippen molar-refractivity contribution in [3.8, 4) is 5.75 Å². The van der Waals surface area contributed by atoms with Crippen LogP contribution in [0.1, 0.15) is 46.5 Å². The highest BCUT2D eigenvalue weighted by atomic mass is 16.6. The number of carbonyl (C=O) groups is 2. The average molecular weight is 363 g/mol. The molecular formula is C20H29NO5. The third-order valence-corrected chi connectivity index (χ3v) is 3.54. The number of aliphatic imine (C=N–C) groups is 1. The Morgan fingerprint density at radius 3 is 2.35 bits per heavy atom. The number of benzene rings is 1. The zero-order chi connectivity index (χ0) is 19.2. The number of rotatable bonds is 12. The Labute approximate surface area is 155 Å². The molecule has 0 aromatic heterocycles. The maximum absolute atomic E-state index is 11.9. The highest BCUT2D eigenvalue weighted by molar-refractivity contribution is 6.09. The Balaban J connectivity index is 2.72. The van der Waals surface area contributed by atoms with Crippen LogP contribution in [0.15, 0.2) is 29.3 Å². The molecule has 0 fully saturated rings. The molecule has 144 valence electrons. The van der Waals surface area contributed by atoms with Gasteiger partial charge >= 0.3 is 11.9 Å². The quantitative estimate of drug-likeness (QED) is 0.242. The Morgan fingerprint density at radius 1 is 1.04 bits per heavy atom. The lowest BCUT2D eigenvalue weighted by molar-refractivity contribution is -0.157. The van der Waals surface area contributed by atoms with Crippen molar-refractivity contribution in [2.24, 2.45) is 10.9 Å². The van der Waals surface area contributed by atoms with E-state index >= 15 is 0 Å². The number of nitrogens with zero attached hydrogens (tertiary/aromatic N) is 1. The van der Waals surface area contributed by atoms with Crippen LogP contribution in [0.5, 0.6) is 5.75 Å². The summed E-state index contributed by atoms with van der Waals surface area (Å²) < 4.78 is 15.5. The SMILES string of the molecule is CCCCCCOc1cccc(N=CC(C(=O)OCC)C(=O)OCC)c1. The predicted molar refractivity (Wildman–Crippen MR) is 101 cm³/mol. The molecule has 6 heteroatoms. The number of esters is 2. The van der Waals surface area contributed by atoms with Gasteiger partial charge in [0.15, 0.2) is 5.92 Å². The molecule has 26 heavy (non-hydrogen) atoms. The maximum atomic E-state index is 11.9. The fourth-order valence-electron chi connectivity index (χ4n) is 2.22. The largest absolute Gasteiger partial charge is 0.494 e. The molecule has 0 atom stereocenters. The fourth-order valence-corrected chi connectivity index (χ4v) is 2.22. The van der Waals surface area contributed by atoms with E-state index < -0.39 is 17.9 Å². The van der Waals surface area contributed by atoms with Crippen LogP contribution in [-0.4, -0.2) is 38.0 Å². The summed E-state index contributed by atoms with van der Waals surface area (Å²) in [5.41, 5.74) is 0.592. The minimum Gasteiger partial charge on any atom is -0.494 e. The van der Waals surface area contributed by atoms with Gasteiger partial charge in [-0.25, -0.2) is 0 Å². The van der Waals surface area contributed by atoms with Gasteiger partial charge in [-0.15, -0.1) is 0 Å². The van der Waals surface area contributed by atoms with Crippen molar-refractivity contribution < 1.29 is 23.8 Å². The van der Waals surface area contributed by atoms with Gasteiger partial charge in [0.25, 0.3) is 0 Å². The lowest BCUT2D eigenvalue weighted by Crippen LogP contribution is -2.29. The van der Waals surface area contributed by atoms with Crippen LogP contribution in [0, 0.1) is 5.92 Å². The first-order chi connectivity index (χ1) is 12.6. The molecule has 0 bridgehead atoms. The summed E-state index contributed by atoms with van der Waals surface area (Å²) in [5.74, 6) is -1.80. The van der Waals surface area contributed by atoms with Crippen LogP contribution >= 0.6 is 0 Å². The Kier molecular flexibility index (Phi) is 10.8. The molecule has 0 saturated heterocycles. The van der Waals surface area contributed by atoms with Gasteiger partial charge in [0.1, 0.15) is 5.75 Å². The third kappa shape index (κ3) is 8.14. The van der Waals surface area contributed by atoms with Gasteiger partial charge in [0.05, 0.1) is 25.5 Å². The van der Waals surface area contributed by atoms with Crippen LogP contribution in [0.3, 0.4) is 0 Å². The zero-order valence-corrected chi connectivity index (χ0v) is 15.9. The lowest BCUT2D eigenvalue weighted by Gasteiger charge is -2.10. The normalized spacial score (nSPS) is 10.9. The number of unbranched alkanes of at least 4 members (excludes halogenated alkanes) is 3. The summed E-state index contributed by atoms with van der Waals surface area (Å²) >= 11 is 0. The molecule has 0 N–H and O–H groups in total. The van der Waals surface area contributed by atoms with Gasteiger partial charge in [-0.3, -0.25) is 14.6 Å². The standard InChI is InChI=1S/C20H29NO5/c1-4-7-8-9-13-26-17-12-10-11-16(14-17)21-15-18(19(22)24-5-2)20(23)25-6-3/h10-12,14-15,18H,4-9,13H2,1-3H3. The van der Waals surface area contributed by atoms with E-state index in [0.29, 0.717) is 18.0 Å². The minimum atomic E-state index is -1.17. The Hall–Kier alpha value is -2.37. The van der Waals surface area contributed by atoms with Gasteiger partial charge in [-0.05, 0) is 32.4 Å². The van der Waals surface area contributed by atoms with Gasteiger partial charge < -0.3 is 14.2 Å². The van der Waals surface area contributed by atoms with E-state index in [4.69, 9.17) is 14.2 Å². The molecule has 1 aromatic carbocycles. The van der Waals surface area contributed by atoms with Crippen molar-refractivity contribution in [3.63, 3.8) is 0 Å². The number of hydrogen-bond donors (Lipinski definition) is 0. The average Bonchev–Trinajstić information content (AvgIpc) is 2.62. The van der Waals surface area contributed by atoms with Gasteiger partial charge in [-0.2, -0.15) is 0 Å². The van der Waals surface area contributed by atoms with Crippen molar-refractivity contribution in [1.82, 2.24) is 0 Å². The number of hydrogen-bond acceptors (Lipinski definition) is 6. The second kappa shape index (κ2) is 12.9. The summed E-state index contributed by atoms with van der Waals surface area (Å²) in [5, 5.41) is 0. The van der Waals surface area contributed by atoms with E-state index in [-0.39, 0.29) is 13.2 Å². The molecule has 1 rings (SSSR count). The van der Waals surface area contributed by atoms with E-state index in [2.05, 4.69) is 11.9 Å². The van der Waals surface area contributed by atoms with E-state index in [1.165, 1.54) is 19.1 Å². The summed E-state index contributed by atoms with van der Waals surface area (Å²) in [7, 11) is 0. The van der Waals surface area contributed by atoms with E-state index in [9.17, 15) is 9.59 Å². The Bertz CT molecular complexity index is 567. The van der Waals surface area contributed by atoms with Crippen molar-refractivity contribution in [1.29, 1.82) is 0 Å². The topological polar surface area (TPSA) is 74.2 Å². The van der Waals surface area contributed by atoms with E-state index in [0.717, 1.165) is 12.8 Å². The lowest BCUT2D eigenvalue weighted by atomic mass is 10.1. The molecule has 0 radical (unpaired) electrons. The van der Waals surface area contributed by atoms with Crippen LogP contribution in [-0.2, 0) is 19.1 Å². The molecule has 0 spiro atoms. The van der Waals surface area contributed by atoms with E-state index in [1.54, 1.807) is 26.0 Å². The van der Waals surface area contributed by atoms with Gasteiger partial charge in [0, 0.05) is 12.3 Å². The molecule has 0 amide bonds. The van der Waals surface area contributed by atoms with Gasteiger partial charge in [0.2, 0.25) is 0 Å². The molecule has 0 saturated carbocycles. The van der Waals surface area contributed by atoms with Crippen molar-refractivity contribution >= 4 is 23.8 Å². The summed E-state index contributed by atoms with van der Waals surface area (Å²) in [6.07, 6.45) is 5.81. The van der Waals surface area contributed by atoms with Crippen molar-refractivity contribution in [2.45, 2.75) is 46.5 Å².